The van der Waals surface area contributed by atoms with E-state index in [2.05, 4.69) is 5.32 Å². The number of hydrogen-bond donors (Lipinski definition) is 2. The van der Waals surface area contributed by atoms with Gasteiger partial charge in [0, 0.05) is 0 Å². The second-order valence-corrected chi connectivity index (χ2v) is 4.36. The van der Waals surface area contributed by atoms with Crippen LogP contribution in [-0.4, -0.2) is 17.0 Å². The summed E-state index contributed by atoms with van der Waals surface area (Å²) in [5.41, 5.74) is -0.00863. The Morgan fingerprint density at radius 2 is 1.95 bits per heavy atom. The van der Waals surface area contributed by atoms with Crippen LogP contribution < -0.4 is 5.32 Å². The molecule has 0 aliphatic rings. The lowest BCUT2D eigenvalue weighted by Crippen LogP contribution is -2.12. The highest BCUT2D eigenvalue weighted by atomic mass is 35.5. The van der Waals surface area contributed by atoms with Gasteiger partial charge in [0.15, 0.2) is 5.76 Å². The maximum Gasteiger partial charge on any atom is 0.337 e. The minimum absolute atomic E-state index is 0.00602. The fourth-order valence-electron chi connectivity index (χ4n) is 1.40. The molecule has 5 nitrogen and oxygen atoms in total. The highest BCUT2D eigenvalue weighted by Gasteiger charge is 2.16. The molecule has 0 bridgehead atoms. The molecule has 0 radical (unpaired) electrons. The van der Waals surface area contributed by atoms with E-state index in [1.165, 1.54) is 24.5 Å². The number of amides is 1. The molecule has 0 saturated heterocycles. The van der Waals surface area contributed by atoms with Gasteiger partial charge in [-0.25, -0.2) is 4.79 Å². The van der Waals surface area contributed by atoms with E-state index in [9.17, 15) is 9.59 Å². The van der Waals surface area contributed by atoms with Crippen molar-refractivity contribution in [3.05, 3.63) is 51.9 Å². The van der Waals surface area contributed by atoms with Gasteiger partial charge in [-0.1, -0.05) is 23.2 Å². The summed E-state index contributed by atoms with van der Waals surface area (Å²) >= 11 is 11.6. The Kier molecular flexibility index (Phi) is 3.78. The number of carboxylic acid groups (broad SMARTS) is 1. The minimum atomic E-state index is -1.21. The van der Waals surface area contributed by atoms with Crippen LogP contribution in [0.4, 0.5) is 5.69 Å². The predicted octanol–water partition coefficient (Wildman–Crippen LogP) is 3.54. The maximum atomic E-state index is 11.7. The monoisotopic (exact) mass is 299 g/mol. The molecule has 7 heteroatoms. The predicted molar refractivity (Wildman–Crippen MR) is 70.1 cm³/mol. The highest BCUT2D eigenvalue weighted by Crippen LogP contribution is 2.29. The van der Waals surface area contributed by atoms with E-state index in [4.69, 9.17) is 32.7 Å². The molecular formula is C12H7Cl2NO4. The van der Waals surface area contributed by atoms with Gasteiger partial charge in [-0.3, -0.25) is 4.79 Å². The van der Waals surface area contributed by atoms with Crippen LogP contribution in [0.2, 0.25) is 10.0 Å². The van der Waals surface area contributed by atoms with Gasteiger partial charge in [0.1, 0.15) is 0 Å². The van der Waals surface area contributed by atoms with Crippen molar-refractivity contribution in [2.75, 3.05) is 5.32 Å². The van der Waals surface area contributed by atoms with Crippen LogP contribution in [-0.2, 0) is 0 Å². The zero-order valence-corrected chi connectivity index (χ0v) is 10.8. The van der Waals surface area contributed by atoms with Gasteiger partial charge in [0.25, 0.3) is 5.91 Å². The molecule has 1 heterocycles. The molecule has 0 aliphatic carbocycles. The van der Waals surface area contributed by atoms with Crippen molar-refractivity contribution >= 4 is 40.8 Å². The van der Waals surface area contributed by atoms with Crippen LogP contribution in [0.25, 0.3) is 0 Å². The van der Waals surface area contributed by atoms with E-state index in [-0.39, 0.29) is 27.1 Å². The van der Waals surface area contributed by atoms with E-state index in [1.807, 2.05) is 0 Å². The molecule has 0 fully saturated rings. The molecule has 1 aromatic heterocycles. The first-order chi connectivity index (χ1) is 8.99. The SMILES string of the molecule is O=C(Nc1cc(C(=O)O)c(Cl)cc1Cl)c1ccco1. The van der Waals surface area contributed by atoms with E-state index in [0.717, 1.165) is 0 Å². The summed E-state index contributed by atoms with van der Waals surface area (Å²) in [5.74, 6) is -1.66. The van der Waals surface area contributed by atoms with Crippen molar-refractivity contribution in [1.82, 2.24) is 0 Å². The average Bonchev–Trinajstić information content (AvgIpc) is 2.85. The number of halogens is 2. The van der Waals surface area contributed by atoms with Crippen molar-refractivity contribution in [3.8, 4) is 0 Å². The molecule has 0 unspecified atom stereocenters. The molecule has 19 heavy (non-hydrogen) atoms. The number of aromatic carboxylic acids is 1. The van der Waals surface area contributed by atoms with Gasteiger partial charge in [0.05, 0.1) is 27.6 Å². The molecule has 0 spiro atoms. The third-order valence-corrected chi connectivity index (χ3v) is 2.91. The van der Waals surface area contributed by atoms with Crippen molar-refractivity contribution < 1.29 is 19.1 Å². The van der Waals surface area contributed by atoms with Gasteiger partial charge in [-0.05, 0) is 24.3 Å². The Hall–Kier alpha value is -1.98. The number of carbonyl (C=O) groups is 2. The number of carboxylic acids is 1. The highest BCUT2D eigenvalue weighted by molar-refractivity contribution is 6.38. The van der Waals surface area contributed by atoms with Crippen molar-refractivity contribution in [1.29, 1.82) is 0 Å². The standard InChI is InChI=1S/C12H7Cl2NO4/c13-7-5-8(14)9(4-6(7)12(17)18)15-11(16)10-2-1-3-19-10/h1-5H,(H,15,16)(H,17,18). The van der Waals surface area contributed by atoms with Crippen LogP contribution in [0.5, 0.6) is 0 Å². The summed E-state index contributed by atoms with van der Waals surface area (Å²) in [6, 6.07) is 5.47. The van der Waals surface area contributed by atoms with Crippen LogP contribution in [0.15, 0.2) is 34.9 Å². The zero-order valence-electron chi connectivity index (χ0n) is 9.31. The molecule has 2 aromatic rings. The molecule has 1 aromatic carbocycles. The van der Waals surface area contributed by atoms with E-state index >= 15 is 0 Å². The lowest BCUT2D eigenvalue weighted by Gasteiger charge is -2.08. The first-order valence-electron chi connectivity index (χ1n) is 5.06. The molecule has 0 aliphatic heterocycles. The topological polar surface area (TPSA) is 79.5 Å². The third-order valence-electron chi connectivity index (χ3n) is 2.28. The Balaban J connectivity index is 2.32. The lowest BCUT2D eigenvalue weighted by molar-refractivity contribution is 0.0696. The fourth-order valence-corrected chi connectivity index (χ4v) is 1.91. The summed E-state index contributed by atoms with van der Waals surface area (Å²) in [5, 5.41) is 11.5. The quantitative estimate of drug-likeness (QED) is 0.908. The maximum absolute atomic E-state index is 11.7. The summed E-state index contributed by atoms with van der Waals surface area (Å²) in [7, 11) is 0. The zero-order chi connectivity index (χ0) is 14.0. The Morgan fingerprint density at radius 3 is 2.53 bits per heavy atom. The summed E-state index contributed by atoms with van der Waals surface area (Å²) in [4.78, 5) is 22.7. The number of nitrogens with one attached hydrogen (secondary N) is 1. The molecule has 1 amide bonds. The van der Waals surface area contributed by atoms with Crippen molar-refractivity contribution in [2.24, 2.45) is 0 Å². The van der Waals surface area contributed by atoms with Gasteiger partial charge in [-0.2, -0.15) is 0 Å². The first kappa shape index (κ1) is 13.5. The number of carbonyl (C=O) groups excluding carboxylic acids is 1. The van der Waals surface area contributed by atoms with Gasteiger partial charge >= 0.3 is 5.97 Å². The van der Waals surface area contributed by atoms with Crippen LogP contribution in [0.1, 0.15) is 20.9 Å². The molecule has 0 saturated carbocycles. The van der Waals surface area contributed by atoms with Gasteiger partial charge < -0.3 is 14.8 Å². The van der Waals surface area contributed by atoms with E-state index < -0.39 is 11.9 Å². The Bertz CT molecular complexity index is 637. The number of hydrogen-bond acceptors (Lipinski definition) is 3. The van der Waals surface area contributed by atoms with Crippen LogP contribution in [0.3, 0.4) is 0 Å². The van der Waals surface area contributed by atoms with Gasteiger partial charge in [-0.15, -0.1) is 0 Å². The fraction of sp³-hybridized carbons (Fsp3) is 0. The molecule has 2 N–H and O–H groups in total. The summed E-state index contributed by atoms with van der Waals surface area (Å²) < 4.78 is 4.91. The number of rotatable bonds is 3. The van der Waals surface area contributed by atoms with E-state index in [0.29, 0.717) is 0 Å². The molecular weight excluding hydrogens is 293 g/mol. The minimum Gasteiger partial charge on any atom is -0.478 e. The number of anilines is 1. The molecule has 0 atom stereocenters. The van der Waals surface area contributed by atoms with Crippen molar-refractivity contribution in [2.45, 2.75) is 0 Å². The second-order valence-electron chi connectivity index (χ2n) is 3.55. The molecule has 98 valence electrons. The smallest absolute Gasteiger partial charge is 0.337 e. The normalized spacial score (nSPS) is 10.2. The molecule has 2 rings (SSSR count). The average molecular weight is 300 g/mol. The van der Waals surface area contributed by atoms with E-state index in [1.54, 1.807) is 6.07 Å². The first-order valence-corrected chi connectivity index (χ1v) is 5.82. The Labute approximate surface area is 117 Å². The lowest BCUT2D eigenvalue weighted by atomic mass is 10.2. The Morgan fingerprint density at radius 1 is 1.21 bits per heavy atom. The van der Waals surface area contributed by atoms with Gasteiger partial charge in [0.2, 0.25) is 0 Å². The van der Waals surface area contributed by atoms with Crippen LogP contribution >= 0.6 is 23.2 Å². The summed E-state index contributed by atoms with van der Waals surface area (Å²) in [6.45, 7) is 0. The second kappa shape index (κ2) is 5.34. The van der Waals surface area contributed by atoms with Crippen molar-refractivity contribution in [3.63, 3.8) is 0 Å². The summed E-state index contributed by atoms with van der Waals surface area (Å²) in [6.07, 6.45) is 1.35. The third kappa shape index (κ3) is 2.89. The number of benzene rings is 1. The van der Waals surface area contributed by atoms with Crippen LogP contribution in [0, 0.1) is 0 Å². The largest absolute Gasteiger partial charge is 0.478 e. The number of furan rings is 1.